The fourth-order valence-corrected chi connectivity index (χ4v) is 0.903. The lowest BCUT2D eigenvalue weighted by molar-refractivity contribution is 0.142. The zero-order valence-electron chi connectivity index (χ0n) is 9.42. The SMILES string of the molecule is CC(C)(C)N1[C]N(C(C)(C)C)N=C1. The van der Waals surface area contributed by atoms with Crippen molar-refractivity contribution in [3.05, 3.63) is 6.67 Å². The summed E-state index contributed by atoms with van der Waals surface area (Å²) in [5.41, 5.74) is 0.0694. The Hall–Kier alpha value is -0.730. The fraction of sp³-hybridized carbons (Fsp3) is 0.800. The molecule has 0 fully saturated rings. The summed E-state index contributed by atoms with van der Waals surface area (Å²) in [5.74, 6) is 0. The molecule has 1 aliphatic rings. The Morgan fingerprint density at radius 3 is 1.77 bits per heavy atom. The lowest BCUT2D eigenvalue weighted by Gasteiger charge is -2.33. The van der Waals surface area contributed by atoms with Gasteiger partial charge in [0, 0.05) is 5.54 Å². The second-order valence-electron chi connectivity index (χ2n) is 5.35. The predicted molar refractivity (Wildman–Crippen MR) is 54.9 cm³/mol. The maximum atomic E-state index is 4.28. The van der Waals surface area contributed by atoms with Crippen molar-refractivity contribution < 1.29 is 0 Å². The van der Waals surface area contributed by atoms with Gasteiger partial charge in [-0.2, -0.15) is 5.10 Å². The topological polar surface area (TPSA) is 18.8 Å². The predicted octanol–water partition coefficient (Wildman–Crippen LogP) is 2.14. The van der Waals surface area contributed by atoms with Crippen LogP contribution in [0.1, 0.15) is 41.5 Å². The monoisotopic (exact) mass is 181 g/mol. The molecule has 0 amide bonds. The van der Waals surface area contributed by atoms with Gasteiger partial charge >= 0.3 is 0 Å². The molecule has 0 aromatic carbocycles. The van der Waals surface area contributed by atoms with E-state index in [4.69, 9.17) is 0 Å². The zero-order chi connectivity index (χ0) is 10.3. The summed E-state index contributed by atoms with van der Waals surface area (Å²) in [5, 5.41) is 6.14. The van der Waals surface area contributed by atoms with Gasteiger partial charge in [0.2, 0.25) is 6.67 Å². The summed E-state index contributed by atoms with van der Waals surface area (Å²) in [6.07, 6.45) is 1.82. The maximum absolute atomic E-state index is 4.28. The van der Waals surface area contributed by atoms with E-state index < -0.39 is 0 Å². The van der Waals surface area contributed by atoms with E-state index in [1.54, 1.807) is 0 Å². The number of hydrogen-bond donors (Lipinski definition) is 0. The standard InChI is InChI=1S/C10H19N3/c1-9(2,3)12-7-11-13(8-12)10(4,5)6/h7H,1-6H3. The third-order valence-electron chi connectivity index (χ3n) is 1.84. The molecule has 0 aromatic heterocycles. The lowest BCUT2D eigenvalue weighted by atomic mass is 10.1. The van der Waals surface area contributed by atoms with Crippen molar-refractivity contribution in [2.24, 2.45) is 5.10 Å². The smallest absolute Gasteiger partial charge is 0.227 e. The molecule has 1 heterocycles. The average Bonchev–Trinajstić information content (AvgIpc) is 2.28. The third-order valence-corrected chi connectivity index (χ3v) is 1.84. The molecule has 0 saturated heterocycles. The van der Waals surface area contributed by atoms with Gasteiger partial charge in [-0.05, 0) is 41.5 Å². The highest BCUT2D eigenvalue weighted by atomic mass is 15.6. The first-order valence-corrected chi connectivity index (χ1v) is 4.61. The Bertz CT molecular complexity index is 185. The van der Waals surface area contributed by atoms with Crippen molar-refractivity contribution in [1.82, 2.24) is 9.91 Å². The van der Waals surface area contributed by atoms with Crippen LogP contribution in [0.25, 0.3) is 0 Å². The summed E-state index contributed by atoms with van der Waals surface area (Å²) in [7, 11) is 0. The molecule has 74 valence electrons. The maximum Gasteiger partial charge on any atom is 0.227 e. The van der Waals surface area contributed by atoms with Crippen molar-refractivity contribution in [3.8, 4) is 0 Å². The minimum absolute atomic E-state index is 0.0104. The molecular weight excluding hydrogens is 162 g/mol. The van der Waals surface area contributed by atoms with E-state index in [0.717, 1.165) is 0 Å². The van der Waals surface area contributed by atoms with Crippen LogP contribution >= 0.6 is 0 Å². The second kappa shape index (κ2) is 2.89. The fourth-order valence-electron chi connectivity index (χ4n) is 0.903. The molecule has 0 aromatic rings. The van der Waals surface area contributed by atoms with E-state index in [1.165, 1.54) is 0 Å². The number of hydrogen-bond acceptors (Lipinski definition) is 3. The quantitative estimate of drug-likeness (QED) is 0.570. The first kappa shape index (κ1) is 10.4. The van der Waals surface area contributed by atoms with Crippen LogP contribution in [0.2, 0.25) is 0 Å². The van der Waals surface area contributed by atoms with Crippen LogP contribution in [0, 0.1) is 6.67 Å². The van der Waals surface area contributed by atoms with Crippen LogP contribution < -0.4 is 0 Å². The van der Waals surface area contributed by atoms with Gasteiger partial charge in [-0.15, -0.1) is 0 Å². The summed E-state index contributed by atoms with van der Waals surface area (Å²) in [4.78, 5) is 2.00. The van der Waals surface area contributed by atoms with Crippen molar-refractivity contribution in [2.75, 3.05) is 0 Å². The van der Waals surface area contributed by atoms with Gasteiger partial charge in [-0.25, -0.2) is 0 Å². The molecular formula is C10H19N3. The molecule has 13 heavy (non-hydrogen) atoms. The molecule has 0 spiro atoms. The molecule has 0 aliphatic carbocycles. The van der Waals surface area contributed by atoms with E-state index in [9.17, 15) is 0 Å². The van der Waals surface area contributed by atoms with Crippen molar-refractivity contribution in [2.45, 2.75) is 52.6 Å². The van der Waals surface area contributed by atoms with Crippen LogP contribution in [0.4, 0.5) is 0 Å². The number of hydrazone groups is 1. The van der Waals surface area contributed by atoms with Crippen LogP contribution in [0.5, 0.6) is 0 Å². The Morgan fingerprint density at radius 1 is 1.00 bits per heavy atom. The molecule has 0 unspecified atom stereocenters. The average molecular weight is 181 g/mol. The van der Waals surface area contributed by atoms with Crippen molar-refractivity contribution in [1.29, 1.82) is 0 Å². The highest BCUT2D eigenvalue weighted by Crippen LogP contribution is 2.25. The zero-order valence-corrected chi connectivity index (χ0v) is 9.42. The highest BCUT2D eigenvalue weighted by molar-refractivity contribution is 5.59. The lowest BCUT2D eigenvalue weighted by Crippen LogP contribution is -2.41. The van der Waals surface area contributed by atoms with Gasteiger partial charge < -0.3 is 4.90 Å². The van der Waals surface area contributed by atoms with Gasteiger partial charge in [0.05, 0.1) is 5.54 Å². The highest BCUT2D eigenvalue weighted by Gasteiger charge is 2.31. The summed E-state index contributed by atoms with van der Waals surface area (Å²) in [6, 6.07) is 0. The molecule has 1 aliphatic heterocycles. The molecule has 3 heteroatoms. The first-order valence-electron chi connectivity index (χ1n) is 4.61. The van der Waals surface area contributed by atoms with Gasteiger partial charge in [0.25, 0.3) is 0 Å². The number of rotatable bonds is 0. The molecule has 0 bridgehead atoms. The summed E-state index contributed by atoms with van der Waals surface area (Å²) < 4.78 is 0. The van der Waals surface area contributed by atoms with Crippen molar-refractivity contribution in [3.63, 3.8) is 0 Å². The van der Waals surface area contributed by atoms with E-state index in [-0.39, 0.29) is 11.1 Å². The normalized spacial score (nSPS) is 18.6. The minimum Gasteiger partial charge on any atom is -0.325 e. The molecule has 0 atom stereocenters. The van der Waals surface area contributed by atoms with Crippen LogP contribution in [-0.2, 0) is 0 Å². The van der Waals surface area contributed by atoms with E-state index in [0.29, 0.717) is 0 Å². The molecule has 1 rings (SSSR count). The van der Waals surface area contributed by atoms with Gasteiger partial charge in [0.1, 0.15) is 6.34 Å². The van der Waals surface area contributed by atoms with Gasteiger partial charge in [0.15, 0.2) is 0 Å². The van der Waals surface area contributed by atoms with E-state index in [1.807, 2.05) is 16.2 Å². The third kappa shape index (κ3) is 2.36. The van der Waals surface area contributed by atoms with E-state index >= 15 is 0 Å². The minimum atomic E-state index is 0.0104. The van der Waals surface area contributed by atoms with Gasteiger partial charge in [-0.1, -0.05) is 0 Å². The summed E-state index contributed by atoms with van der Waals surface area (Å²) in [6.45, 7) is 16.0. The molecule has 2 radical (unpaired) electrons. The summed E-state index contributed by atoms with van der Waals surface area (Å²) >= 11 is 0. The second-order valence-corrected chi connectivity index (χ2v) is 5.35. The first-order chi connectivity index (χ1) is 5.71. The van der Waals surface area contributed by atoms with Crippen LogP contribution in [-0.4, -0.2) is 27.3 Å². The number of nitrogens with zero attached hydrogens (tertiary/aromatic N) is 3. The molecule has 0 saturated carbocycles. The molecule has 3 nitrogen and oxygen atoms in total. The van der Waals surface area contributed by atoms with E-state index in [2.05, 4.69) is 53.3 Å². The molecule has 0 N–H and O–H groups in total. The van der Waals surface area contributed by atoms with Crippen LogP contribution in [0.3, 0.4) is 0 Å². The van der Waals surface area contributed by atoms with Gasteiger partial charge in [-0.3, -0.25) is 5.01 Å². The van der Waals surface area contributed by atoms with Crippen molar-refractivity contribution >= 4 is 6.34 Å². The Labute approximate surface area is 81.4 Å². The van der Waals surface area contributed by atoms with Crippen LogP contribution in [0.15, 0.2) is 5.10 Å². The largest absolute Gasteiger partial charge is 0.325 e. The Kier molecular flexibility index (Phi) is 2.30. The Morgan fingerprint density at radius 2 is 1.54 bits per heavy atom. The Balaban J connectivity index is 2.63.